The molecule has 1 aliphatic rings. The standard InChI is InChI=1S/C17H23NO2/c1-14-6-5-9-17(12-14,13-18)10-11-20-16-8-4-3-7-15(16)19-2/h3-4,7-8,14H,5-6,9-12H2,1-2H3. The molecule has 1 aromatic rings. The van der Waals surface area contributed by atoms with Gasteiger partial charge in [-0.1, -0.05) is 31.9 Å². The van der Waals surface area contributed by atoms with Crippen molar-refractivity contribution in [1.82, 2.24) is 0 Å². The number of nitriles is 1. The molecule has 0 radical (unpaired) electrons. The molecule has 0 saturated heterocycles. The molecular weight excluding hydrogens is 250 g/mol. The molecule has 1 fully saturated rings. The Morgan fingerprint density at radius 3 is 2.75 bits per heavy atom. The zero-order valence-corrected chi connectivity index (χ0v) is 12.4. The van der Waals surface area contributed by atoms with Gasteiger partial charge in [0.2, 0.25) is 0 Å². The predicted molar refractivity (Wildman–Crippen MR) is 78.8 cm³/mol. The first kappa shape index (κ1) is 14.7. The Hall–Kier alpha value is -1.69. The van der Waals surface area contributed by atoms with Crippen LogP contribution >= 0.6 is 0 Å². The zero-order chi connectivity index (χ0) is 14.4. The van der Waals surface area contributed by atoms with Crippen LogP contribution in [0.2, 0.25) is 0 Å². The molecule has 20 heavy (non-hydrogen) atoms. The van der Waals surface area contributed by atoms with Crippen molar-refractivity contribution in [3.63, 3.8) is 0 Å². The van der Waals surface area contributed by atoms with Gasteiger partial charge in [-0.05, 0) is 30.9 Å². The lowest BCUT2D eigenvalue weighted by molar-refractivity contribution is 0.160. The summed E-state index contributed by atoms with van der Waals surface area (Å²) in [5.41, 5.74) is -0.195. The summed E-state index contributed by atoms with van der Waals surface area (Å²) >= 11 is 0. The van der Waals surface area contributed by atoms with E-state index in [4.69, 9.17) is 9.47 Å². The van der Waals surface area contributed by atoms with Crippen molar-refractivity contribution in [1.29, 1.82) is 5.26 Å². The number of para-hydroxylation sites is 2. The minimum absolute atomic E-state index is 0.195. The summed E-state index contributed by atoms with van der Waals surface area (Å²) in [7, 11) is 1.64. The Balaban J connectivity index is 1.93. The molecular formula is C17H23NO2. The summed E-state index contributed by atoms with van der Waals surface area (Å²) in [6.07, 6.45) is 5.20. The molecule has 1 aromatic carbocycles. The van der Waals surface area contributed by atoms with Crippen molar-refractivity contribution in [2.45, 2.75) is 39.0 Å². The van der Waals surface area contributed by atoms with Gasteiger partial charge in [-0.25, -0.2) is 0 Å². The first-order valence-electron chi connectivity index (χ1n) is 7.36. The van der Waals surface area contributed by atoms with Crippen LogP contribution in [0.25, 0.3) is 0 Å². The minimum atomic E-state index is -0.195. The maximum absolute atomic E-state index is 9.53. The molecule has 1 saturated carbocycles. The fourth-order valence-corrected chi connectivity index (χ4v) is 3.14. The molecule has 108 valence electrons. The highest BCUT2D eigenvalue weighted by Gasteiger charge is 2.34. The molecule has 0 heterocycles. The SMILES string of the molecule is COc1ccccc1OCCC1(C#N)CCCC(C)C1. The predicted octanol–water partition coefficient (Wildman–Crippen LogP) is 4.18. The van der Waals surface area contributed by atoms with E-state index in [1.54, 1.807) is 7.11 Å². The number of hydrogen-bond donors (Lipinski definition) is 0. The van der Waals surface area contributed by atoms with Crippen molar-refractivity contribution >= 4 is 0 Å². The highest BCUT2D eigenvalue weighted by atomic mass is 16.5. The van der Waals surface area contributed by atoms with Crippen LogP contribution < -0.4 is 9.47 Å². The molecule has 0 N–H and O–H groups in total. The molecule has 0 amide bonds. The monoisotopic (exact) mass is 273 g/mol. The third-order valence-electron chi connectivity index (χ3n) is 4.24. The third-order valence-corrected chi connectivity index (χ3v) is 4.24. The molecule has 2 atom stereocenters. The van der Waals surface area contributed by atoms with E-state index >= 15 is 0 Å². The Morgan fingerprint density at radius 1 is 1.35 bits per heavy atom. The fraction of sp³-hybridized carbons (Fsp3) is 0.588. The normalized spacial score (nSPS) is 25.8. The van der Waals surface area contributed by atoms with Crippen molar-refractivity contribution < 1.29 is 9.47 Å². The highest BCUT2D eigenvalue weighted by molar-refractivity contribution is 5.39. The van der Waals surface area contributed by atoms with Crippen LogP contribution in [-0.4, -0.2) is 13.7 Å². The molecule has 0 aromatic heterocycles. The van der Waals surface area contributed by atoms with Crippen LogP contribution in [0.5, 0.6) is 11.5 Å². The van der Waals surface area contributed by atoms with E-state index in [-0.39, 0.29) is 5.41 Å². The quantitative estimate of drug-likeness (QED) is 0.808. The minimum Gasteiger partial charge on any atom is -0.493 e. The number of nitrogens with zero attached hydrogens (tertiary/aromatic N) is 1. The summed E-state index contributed by atoms with van der Waals surface area (Å²) in [5, 5.41) is 9.53. The van der Waals surface area contributed by atoms with Crippen LogP contribution in [0.4, 0.5) is 0 Å². The Labute approximate surface area is 121 Å². The first-order valence-corrected chi connectivity index (χ1v) is 7.36. The smallest absolute Gasteiger partial charge is 0.161 e. The van der Waals surface area contributed by atoms with Gasteiger partial charge < -0.3 is 9.47 Å². The molecule has 2 rings (SSSR count). The van der Waals surface area contributed by atoms with Crippen molar-refractivity contribution in [3.05, 3.63) is 24.3 Å². The first-order chi connectivity index (χ1) is 9.69. The van der Waals surface area contributed by atoms with E-state index in [0.29, 0.717) is 12.5 Å². The molecule has 0 bridgehead atoms. The van der Waals surface area contributed by atoms with E-state index in [0.717, 1.165) is 37.2 Å². The number of benzene rings is 1. The van der Waals surface area contributed by atoms with Crippen molar-refractivity contribution in [2.75, 3.05) is 13.7 Å². The van der Waals surface area contributed by atoms with Gasteiger partial charge >= 0.3 is 0 Å². The Morgan fingerprint density at radius 2 is 2.10 bits per heavy atom. The van der Waals surface area contributed by atoms with Gasteiger partial charge in [-0.15, -0.1) is 0 Å². The average Bonchev–Trinajstić information content (AvgIpc) is 2.48. The van der Waals surface area contributed by atoms with Gasteiger partial charge in [0.05, 0.1) is 25.2 Å². The molecule has 0 aliphatic heterocycles. The molecule has 3 nitrogen and oxygen atoms in total. The second kappa shape index (κ2) is 6.65. The van der Waals surface area contributed by atoms with Gasteiger partial charge in [-0.3, -0.25) is 0 Å². The number of ether oxygens (including phenoxy) is 2. The topological polar surface area (TPSA) is 42.2 Å². The number of methoxy groups -OCH3 is 1. The van der Waals surface area contributed by atoms with E-state index in [9.17, 15) is 5.26 Å². The maximum atomic E-state index is 9.53. The lowest BCUT2D eigenvalue weighted by Gasteiger charge is -2.34. The van der Waals surface area contributed by atoms with Gasteiger partial charge in [0.25, 0.3) is 0 Å². The Bertz CT molecular complexity index is 480. The Kier molecular flexibility index (Phi) is 4.89. The van der Waals surface area contributed by atoms with Crippen LogP contribution in [0.3, 0.4) is 0 Å². The highest BCUT2D eigenvalue weighted by Crippen LogP contribution is 2.41. The van der Waals surface area contributed by atoms with Crippen LogP contribution in [0.1, 0.15) is 39.0 Å². The van der Waals surface area contributed by atoms with Crippen LogP contribution in [0, 0.1) is 22.7 Å². The fourth-order valence-electron chi connectivity index (χ4n) is 3.14. The molecule has 1 aliphatic carbocycles. The zero-order valence-electron chi connectivity index (χ0n) is 12.4. The van der Waals surface area contributed by atoms with E-state index in [1.165, 1.54) is 6.42 Å². The number of rotatable bonds is 5. The summed E-state index contributed by atoms with van der Waals surface area (Å²) in [4.78, 5) is 0. The lowest BCUT2D eigenvalue weighted by Crippen LogP contribution is -2.28. The second-order valence-corrected chi connectivity index (χ2v) is 5.84. The van der Waals surface area contributed by atoms with E-state index in [1.807, 2.05) is 24.3 Å². The number of hydrogen-bond acceptors (Lipinski definition) is 3. The van der Waals surface area contributed by atoms with Crippen molar-refractivity contribution in [3.8, 4) is 17.6 Å². The maximum Gasteiger partial charge on any atom is 0.161 e. The summed E-state index contributed by atoms with van der Waals surface area (Å²) < 4.78 is 11.1. The van der Waals surface area contributed by atoms with Gasteiger partial charge in [0.15, 0.2) is 11.5 Å². The summed E-state index contributed by atoms with van der Waals surface area (Å²) in [6.45, 7) is 2.81. The second-order valence-electron chi connectivity index (χ2n) is 5.84. The van der Waals surface area contributed by atoms with Gasteiger partial charge in [0, 0.05) is 6.42 Å². The summed E-state index contributed by atoms with van der Waals surface area (Å²) in [5.74, 6) is 2.15. The van der Waals surface area contributed by atoms with Crippen molar-refractivity contribution in [2.24, 2.45) is 11.3 Å². The van der Waals surface area contributed by atoms with E-state index in [2.05, 4.69) is 13.0 Å². The average molecular weight is 273 g/mol. The molecule has 2 unspecified atom stereocenters. The summed E-state index contributed by atoms with van der Waals surface area (Å²) in [6, 6.07) is 10.2. The van der Waals surface area contributed by atoms with Gasteiger partial charge in [0.1, 0.15) is 0 Å². The largest absolute Gasteiger partial charge is 0.493 e. The molecule has 3 heteroatoms. The lowest BCUT2D eigenvalue weighted by atomic mass is 9.69. The van der Waals surface area contributed by atoms with E-state index < -0.39 is 0 Å². The van der Waals surface area contributed by atoms with Gasteiger partial charge in [-0.2, -0.15) is 5.26 Å². The third kappa shape index (κ3) is 3.45. The van der Waals surface area contributed by atoms with Crippen LogP contribution in [0.15, 0.2) is 24.3 Å². The van der Waals surface area contributed by atoms with Crippen LogP contribution in [-0.2, 0) is 0 Å². The molecule has 0 spiro atoms.